The van der Waals surface area contributed by atoms with Gasteiger partial charge < -0.3 is 10.6 Å². The number of hydrogen-bond acceptors (Lipinski definition) is 4. The van der Waals surface area contributed by atoms with Crippen LogP contribution in [-0.4, -0.2) is 26.9 Å². The molecule has 1 amide bonds. The summed E-state index contributed by atoms with van der Waals surface area (Å²) < 4.78 is 1.71. The third kappa shape index (κ3) is 3.57. The van der Waals surface area contributed by atoms with Gasteiger partial charge in [0.25, 0.3) is 5.91 Å². The van der Waals surface area contributed by atoms with E-state index in [2.05, 4.69) is 20.9 Å². The van der Waals surface area contributed by atoms with Crippen LogP contribution in [0, 0.1) is 0 Å². The number of aromatic nitrogens is 3. The lowest BCUT2D eigenvalue weighted by Crippen LogP contribution is -2.30. The van der Waals surface area contributed by atoms with Crippen molar-refractivity contribution < 1.29 is 4.79 Å². The van der Waals surface area contributed by atoms with Gasteiger partial charge >= 0.3 is 0 Å². The number of carbonyl (C=O) groups is 1. The van der Waals surface area contributed by atoms with E-state index in [0.717, 1.165) is 11.4 Å². The van der Waals surface area contributed by atoms with Crippen molar-refractivity contribution in [2.75, 3.05) is 5.32 Å². The van der Waals surface area contributed by atoms with Crippen molar-refractivity contribution in [3.8, 4) is 0 Å². The Bertz CT molecular complexity index is 591. The smallest absolute Gasteiger partial charge is 0.251 e. The van der Waals surface area contributed by atoms with E-state index in [9.17, 15) is 4.79 Å². The predicted molar refractivity (Wildman–Crippen MR) is 77.4 cm³/mol. The van der Waals surface area contributed by atoms with Gasteiger partial charge in [0.1, 0.15) is 0 Å². The molecule has 0 atom stereocenters. The van der Waals surface area contributed by atoms with Crippen LogP contribution in [0.1, 0.15) is 29.9 Å². The summed E-state index contributed by atoms with van der Waals surface area (Å²) in [6, 6.07) is 7.55. The fourth-order valence-electron chi connectivity index (χ4n) is 1.78. The Morgan fingerprint density at radius 2 is 2.20 bits per heavy atom. The molecule has 0 aliphatic rings. The van der Waals surface area contributed by atoms with Gasteiger partial charge in [0.05, 0.1) is 18.4 Å². The first-order chi connectivity index (χ1) is 9.56. The highest BCUT2D eigenvalue weighted by Crippen LogP contribution is 2.12. The van der Waals surface area contributed by atoms with Gasteiger partial charge in [-0.1, -0.05) is 11.3 Å². The molecule has 6 nitrogen and oxygen atoms in total. The molecule has 0 fully saturated rings. The van der Waals surface area contributed by atoms with E-state index in [-0.39, 0.29) is 11.9 Å². The molecule has 1 heterocycles. The average Bonchev–Trinajstić information content (AvgIpc) is 2.81. The highest BCUT2D eigenvalue weighted by Gasteiger charge is 2.07. The lowest BCUT2D eigenvalue weighted by Gasteiger charge is -2.10. The number of nitrogens with one attached hydrogen (secondary N) is 2. The number of anilines is 1. The van der Waals surface area contributed by atoms with E-state index in [1.165, 1.54) is 0 Å². The van der Waals surface area contributed by atoms with Gasteiger partial charge in [0.15, 0.2) is 0 Å². The summed E-state index contributed by atoms with van der Waals surface area (Å²) in [7, 11) is 1.84. The molecule has 0 aliphatic carbocycles. The summed E-state index contributed by atoms with van der Waals surface area (Å²) in [5, 5.41) is 13.8. The Hall–Kier alpha value is -2.37. The van der Waals surface area contributed by atoms with Gasteiger partial charge in [-0.15, -0.1) is 5.10 Å². The molecule has 2 rings (SSSR count). The van der Waals surface area contributed by atoms with Crippen LogP contribution in [0.15, 0.2) is 30.5 Å². The summed E-state index contributed by atoms with van der Waals surface area (Å²) in [5.41, 5.74) is 2.51. The van der Waals surface area contributed by atoms with Crippen LogP contribution in [0.25, 0.3) is 0 Å². The van der Waals surface area contributed by atoms with E-state index in [1.54, 1.807) is 16.9 Å². The molecule has 0 saturated heterocycles. The van der Waals surface area contributed by atoms with Crippen molar-refractivity contribution in [1.29, 1.82) is 0 Å². The third-order valence-electron chi connectivity index (χ3n) is 2.83. The molecule has 0 spiro atoms. The number of hydrogen-bond donors (Lipinski definition) is 2. The molecule has 0 radical (unpaired) electrons. The average molecular weight is 273 g/mol. The van der Waals surface area contributed by atoms with Gasteiger partial charge in [-0.05, 0) is 32.0 Å². The van der Waals surface area contributed by atoms with Crippen LogP contribution in [0.4, 0.5) is 5.69 Å². The Morgan fingerprint density at radius 1 is 1.40 bits per heavy atom. The van der Waals surface area contributed by atoms with Crippen LogP contribution >= 0.6 is 0 Å². The fraction of sp³-hybridized carbons (Fsp3) is 0.357. The number of carbonyl (C=O) groups excluding carboxylic acids is 1. The van der Waals surface area contributed by atoms with E-state index in [1.807, 2.05) is 39.1 Å². The zero-order chi connectivity index (χ0) is 14.5. The highest BCUT2D eigenvalue weighted by atomic mass is 16.1. The molecule has 2 aromatic rings. The van der Waals surface area contributed by atoms with Gasteiger partial charge in [-0.3, -0.25) is 9.48 Å². The molecule has 6 heteroatoms. The first kappa shape index (κ1) is 14.0. The minimum absolute atomic E-state index is 0.0640. The van der Waals surface area contributed by atoms with E-state index >= 15 is 0 Å². The molecular weight excluding hydrogens is 254 g/mol. The number of aryl methyl sites for hydroxylation is 1. The van der Waals surface area contributed by atoms with Gasteiger partial charge in [-0.25, -0.2) is 0 Å². The molecule has 0 bridgehead atoms. The molecule has 106 valence electrons. The maximum atomic E-state index is 11.9. The molecule has 2 N–H and O–H groups in total. The SMILES string of the molecule is CC(C)NC(=O)c1cccc(NCc2cnnn2C)c1. The summed E-state index contributed by atoms with van der Waals surface area (Å²) in [5.74, 6) is -0.0640. The molecule has 20 heavy (non-hydrogen) atoms. The predicted octanol–water partition coefficient (Wildman–Crippen LogP) is 1.57. The highest BCUT2D eigenvalue weighted by molar-refractivity contribution is 5.95. The fourth-order valence-corrected chi connectivity index (χ4v) is 1.78. The van der Waals surface area contributed by atoms with Crippen molar-refractivity contribution >= 4 is 11.6 Å². The molecule has 0 unspecified atom stereocenters. The second-order valence-corrected chi connectivity index (χ2v) is 4.91. The Labute approximate surface area is 118 Å². The maximum Gasteiger partial charge on any atom is 0.251 e. The van der Waals surface area contributed by atoms with Crippen LogP contribution in [-0.2, 0) is 13.6 Å². The number of amides is 1. The monoisotopic (exact) mass is 273 g/mol. The zero-order valence-corrected chi connectivity index (χ0v) is 11.9. The molecule has 0 aliphatic heterocycles. The van der Waals surface area contributed by atoms with Crippen LogP contribution < -0.4 is 10.6 Å². The Balaban J connectivity index is 2.02. The Kier molecular flexibility index (Phi) is 4.34. The second-order valence-electron chi connectivity index (χ2n) is 4.91. The number of rotatable bonds is 5. The van der Waals surface area contributed by atoms with E-state index in [4.69, 9.17) is 0 Å². The zero-order valence-electron chi connectivity index (χ0n) is 11.9. The van der Waals surface area contributed by atoms with Gasteiger partial charge in [-0.2, -0.15) is 0 Å². The van der Waals surface area contributed by atoms with Gasteiger partial charge in [0.2, 0.25) is 0 Å². The van der Waals surface area contributed by atoms with Crippen molar-refractivity contribution in [2.24, 2.45) is 7.05 Å². The third-order valence-corrected chi connectivity index (χ3v) is 2.83. The molecule has 0 saturated carbocycles. The van der Waals surface area contributed by atoms with Crippen molar-refractivity contribution in [2.45, 2.75) is 26.4 Å². The van der Waals surface area contributed by atoms with Crippen LogP contribution in [0.3, 0.4) is 0 Å². The summed E-state index contributed by atoms with van der Waals surface area (Å²) in [6.45, 7) is 4.49. The number of nitrogens with zero attached hydrogens (tertiary/aromatic N) is 3. The first-order valence-corrected chi connectivity index (χ1v) is 6.54. The lowest BCUT2D eigenvalue weighted by atomic mass is 10.1. The summed E-state index contributed by atoms with van der Waals surface area (Å²) in [6.07, 6.45) is 1.71. The topological polar surface area (TPSA) is 71.8 Å². The van der Waals surface area contributed by atoms with E-state index < -0.39 is 0 Å². The minimum atomic E-state index is -0.0640. The van der Waals surface area contributed by atoms with E-state index in [0.29, 0.717) is 12.1 Å². The molecule has 1 aromatic carbocycles. The summed E-state index contributed by atoms with van der Waals surface area (Å²) in [4.78, 5) is 11.9. The van der Waals surface area contributed by atoms with Crippen molar-refractivity contribution in [3.05, 3.63) is 41.7 Å². The first-order valence-electron chi connectivity index (χ1n) is 6.54. The lowest BCUT2D eigenvalue weighted by molar-refractivity contribution is 0.0943. The van der Waals surface area contributed by atoms with Crippen molar-refractivity contribution in [3.63, 3.8) is 0 Å². The molecule has 1 aromatic heterocycles. The quantitative estimate of drug-likeness (QED) is 0.867. The minimum Gasteiger partial charge on any atom is -0.379 e. The number of benzene rings is 1. The van der Waals surface area contributed by atoms with Crippen LogP contribution in [0.5, 0.6) is 0 Å². The maximum absolute atomic E-state index is 11.9. The summed E-state index contributed by atoms with van der Waals surface area (Å²) >= 11 is 0. The second kappa shape index (κ2) is 6.18. The largest absolute Gasteiger partial charge is 0.379 e. The molecular formula is C14H19N5O. The standard InChI is InChI=1S/C14H19N5O/c1-10(2)17-14(20)11-5-4-6-12(7-11)15-8-13-9-16-18-19(13)3/h4-7,9-10,15H,8H2,1-3H3,(H,17,20). The van der Waals surface area contributed by atoms with Crippen molar-refractivity contribution in [1.82, 2.24) is 20.3 Å². The Morgan fingerprint density at radius 3 is 2.85 bits per heavy atom. The normalized spacial score (nSPS) is 10.6. The van der Waals surface area contributed by atoms with Crippen LogP contribution in [0.2, 0.25) is 0 Å². The van der Waals surface area contributed by atoms with Gasteiger partial charge in [0, 0.05) is 24.3 Å².